The maximum Gasteiger partial charge on any atom is 0.331 e. The smallest absolute Gasteiger partial charge is 0.331 e. The molecule has 0 aliphatic heterocycles. The first-order valence-corrected chi connectivity index (χ1v) is 5.84. The molecule has 0 radical (unpaired) electrons. The fourth-order valence-corrected chi connectivity index (χ4v) is 2.12. The lowest BCUT2D eigenvalue weighted by Crippen LogP contribution is -2.14. The molecule has 0 aliphatic carbocycles. The first kappa shape index (κ1) is 11.4. The van der Waals surface area contributed by atoms with Crippen LogP contribution in [0.4, 0.5) is 5.69 Å². The second-order valence-electron chi connectivity index (χ2n) is 4.24. The van der Waals surface area contributed by atoms with Gasteiger partial charge in [-0.2, -0.15) is 0 Å². The number of fused-ring (bicyclic) bond motifs is 1. The monoisotopic (exact) mass is 255 g/mol. The van der Waals surface area contributed by atoms with E-state index in [0.29, 0.717) is 5.69 Å². The molecule has 0 unspecified atom stereocenters. The van der Waals surface area contributed by atoms with E-state index in [0.717, 1.165) is 22.5 Å². The normalized spacial score (nSPS) is 10.8. The first-order valence-electron chi connectivity index (χ1n) is 5.84. The molecular weight excluding hydrogens is 242 g/mol. The predicted octanol–water partition coefficient (Wildman–Crippen LogP) is 1.91. The van der Waals surface area contributed by atoms with Crippen molar-refractivity contribution in [1.82, 2.24) is 9.55 Å². The molecule has 2 aromatic carbocycles. The highest BCUT2D eigenvalue weighted by atomic mass is 16.5. The van der Waals surface area contributed by atoms with Gasteiger partial charge in [0.05, 0.1) is 23.8 Å². The number of nitrogen functional groups attached to an aromatic ring is 1. The highest BCUT2D eigenvalue weighted by Crippen LogP contribution is 2.19. The van der Waals surface area contributed by atoms with Crippen molar-refractivity contribution in [2.75, 3.05) is 12.8 Å². The molecule has 0 amide bonds. The number of aromatic amines is 1. The van der Waals surface area contributed by atoms with Gasteiger partial charge in [0.2, 0.25) is 0 Å². The minimum absolute atomic E-state index is 0.189. The maximum atomic E-state index is 12.0. The summed E-state index contributed by atoms with van der Waals surface area (Å²) in [6.45, 7) is 0. The molecule has 0 bridgehead atoms. The number of rotatable bonds is 2. The highest BCUT2D eigenvalue weighted by Gasteiger charge is 2.08. The zero-order valence-electron chi connectivity index (χ0n) is 10.4. The second kappa shape index (κ2) is 4.20. The maximum absolute atomic E-state index is 12.0. The molecule has 3 N–H and O–H groups in total. The van der Waals surface area contributed by atoms with Crippen LogP contribution in [-0.4, -0.2) is 16.7 Å². The standard InChI is InChI=1S/C14H13N3O2/c1-19-11-5-3-10(4-6-11)17-13-7-2-9(15)8-12(13)16-14(17)18/h2-8H,15H2,1H3,(H,16,18). The van der Waals surface area contributed by atoms with E-state index in [4.69, 9.17) is 10.5 Å². The lowest BCUT2D eigenvalue weighted by atomic mass is 10.2. The third kappa shape index (κ3) is 1.85. The Morgan fingerprint density at radius 3 is 2.58 bits per heavy atom. The van der Waals surface area contributed by atoms with Crippen molar-refractivity contribution in [3.63, 3.8) is 0 Å². The topological polar surface area (TPSA) is 73.0 Å². The number of aromatic nitrogens is 2. The second-order valence-corrected chi connectivity index (χ2v) is 4.24. The van der Waals surface area contributed by atoms with Gasteiger partial charge >= 0.3 is 5.69 Å². The van der Waals surface area contributed by atoms with Crippen LogP contribution >= 0.6 is 0 Å². The van der Waals surface area contributed by atoms with Crippen molar-refractivity contribution in [3.8, 4) is 11.4 Å². The van der Waals surface area contributed by atoms with E-state index in [-0.39, 0.29) is 5.69 Å². The van der Waals surface area contributed by atoms with Gasteiger partial charge in [-0.3, -0.25) is 4.57 Å². The third-order valence-corrected chi connectivity index (χ3v) is 3.04. The molecule has 0 aliphatic rings. The van der Waals surface area contributed by atoms with Crippen molar-refractivity contribution in [2.24, 2.45) is 0 Å². The van der Waals surface area contributed by atoms with E-state index in [1.54, 1.807) is 23.8 Å². The zero-order chi connectivity index (χ0) is 13.4. The van der Waals surface area contributed by atoms with Crippen molar-refractivity contribution in [2.45, 2.75) is 0 Å². The average Bonchev–Trinajstić information content (AvgIpc) is 2.74. The fraction of sp³-hybridized carbons (Fsp3) is 0.0714. The van der Waals surface area contributed by atoms with E-state index in [1.807, 2.05) is 30.3 Å². The quantitative estimate of drug-likeness (QED) is 0.687. The van der Waals surface area contributed by atoms with Gasteiger partial charge in [-0.1, -0.05) is 0 Å². The number of H-pyrrole nitrogens is 1. The summed E-state index contributed by atoms with van der Waals surface area (Å²) in [4.78, 5) is 14.8. The molecule has 3 rings (SSSR count). The molecule has 1 heterocycles. The molecule has 3 aromatic rings. The number of nitrogens with zero attached hydrogens (tertiary/aromatic N) is 1. The molecule has 5 heteroatoms. The van der Waals surface area contributed by atoms with Gasteiger partial charge in [-0.25, -0.2) is 4.79 Å². The molecular formula is C14H13N3O2. The van der Waals surface area contributed by atoms with Gasteiger partial charge in [-0.15, -0.1) is 0 Å². The molecule has 0 saturated carbocycles. The van der Waals surface area contributed by atoms with Crippen LogP contribution < -0.4 is 16.2 Å². The van der Waals surface area contributed by atoms with Gasteiger partial charge < -0.3 is 15.5 Å². The number of nitrogens with two attached hydrogens (primary N) is 1. The lowest BCUT2D eigenvalue weighted by molar-refractivity contribution is 0.414. The summed E-state index contributed by atoms with van der Waals surface area (Å²) in [6.07, 6.45) is 0. The van der Waals surface area contributed by atoms with Crippen LogP contribution in [0.3, 0.4) is 0 Å². The van der Waals surface area contributed by atoms with Gasteiger partial charge in [-0.05, 0) is 42.5 Å². The summed E-state index contributed by atoms with van der Waals surface area (Å²) in [6, 6.07) is 12.7. The largest absolute Gasteiger partial charge is 0.497 e. The minimum Gasteiger partial charge on any atom is -0.497 e. The Bertz CT molecular complexity index is 785. The number of benzene rings is 2. The Morgan fingerprint density at radius 2 is 1.89 bits per heavy atom. The first-order chi connectivity index (χ1) is 9.19. The summed E-state index contributed by atoms with van der Waals surface area (Å²) in [5.74, 6) is 0.751. The predicted molar refractivity (Wildman–Crippen MR) is 74.9 cm³/mol. The van der Waals surface area contributed by atoms with Gasteiger partial charge in [0.25, 0.3) is 0 Å². The lowest BCUT2D eigenvalue weighted by Gasteiger charge is -2.05. The Kier molecular flexibility index (Phi) is 2.52. The average molecular weight is 255 g/mol. The zero-order valence-corrected chi connectivity index (χ0v) is 10.4. The van der Waals surface area contributed by atoms with E-state index < -0.39 is 0 Å². The molecule has 0 atom stereocenters. The van der Waals surface area contributed by atoms with E-state index in [9.17, 15) is 4.79 Å². The SMILES string of the molecule is COc1ccc(-n2c(=O)[nH]c3cc(N)ccc32)cc1. The van der Waals surface area contributed by atoms with Crippen LogP contribution in [0.5, 0.6) is 5.75 Å². The number of nitrogens with one attached hydrogen (secondary N) is 1. The summed E-state index contributed by atoms with van der Waals surface area (Å²) >= 11 is 0. The van der Waals surface area contributed by atoms with Crippen molar-refractivity contribution >= 4 is 16.7 Å². The highest BCUT2D eigenvalue weighted by molar-refractivity contribution is 5.80. The Hall–Kier alpha value is -2.69. The molecule has 0 fully saturated rings. The molecule has 96 valence electrons. The molecule has 5 nitrogen and oxygen atoms in total. The van der Waals surface area contributed by atoms with E-state index in [1.165, 1.54) is 0 Å². The molecule has 1 aromatic heterocycles. The summed E-state index contributed by atoms with van der Waals surface area (Å²) < 4.78 is 6.71. The third-order valence-electron chi connectivity index (χ3n) is 3.04. The van der Waals surface area contributed by atoms with Crippen molar-refractivity contribution in [3.05, 3.63) is 52.9 Å². The van der Waals surface area contributed by atoms with Crippen LogP contribution in [0.25, 0.3) is 16.7 Å². The number of hydrogen-bond acceptors (Lipinski definition) is 3. The van der Waals surface area contributed by atoms with Crippen LogP contribution in [0, 0.1) is 0 Å². The van der Waals surface area contributed by atoms with Crippen molar-refractivity contribution in [1.29, 1.82) is 0 Å². The fourth-order valence-electron chi connectivity index (χ4n) is 2.12. The van der Waals surface area contributed by atoms with Crippen LogP contribution in [-0.2, 0) is 0 Å². The van der Waals surface area contributed by atoms with Gasteiger partial charge in [0.15, 0.2) is 0 Å². The molecule has 0 spiro atoms. The van der Waals surface area contributed by atoms with E-state index >= 15 is 0 Å². The van der Waals surface area contributed by atoms with Crippen LogP contribution in [0.15, 0.2) is 47.3 Å². The van der Waals surface area contributed by atoms with Crippen LogP contribution in [0.1, 0.15) is 0 Å². The number of hydrogen-bond donors (Lipinski definition) is 2. The van der Waals surface area contributed by atoms with Gasteiger partial charge in [0, 0.05) is 5.69 Å². The Morgan fingerprint density at radius 1 is 1.16 bits per heavy atom. The van der Waals surface area contributed by atoms with Crippen LogP contribution in [0.2, 0.25) is 0 Å². The summed E-state index contributed by atoms with van der Waals surface area (Å²) in [5, 5.41) is 0. The number of imidazole rings is 1. The van der Waals surface area contributed by atoms with E-state index in [2.05, 4.69) is 4.98 Å². The van der Waals surface area contributed by atoms with Gasteiger partial charge in [0.1, 0.15) is 5.75 Å². The summed E-state index contributed by atoms with van der Waals surface area (Å²) in [5.41, 5.74) is 8.44. The van der Waals surface area contributed by atoms with Crippen molar-refractivity contribution < 1.29 is 4.74 Å². The summed E-state index contributed by atoms with van der Waals surface area (Å²) in [7, 11) is 1.61. The molecule has 0 saturated heterocycles. The molecule has 19 heavy (non-hydrogen) atoms. The Labute approximate surface area is 109 Å². The number of methoxy groups -OCH3 is 1. The Balaban J connectivity index is 2.23. The number of anilines is 1. The minimum atomic E-state index is -0.189. The number of ether oxygens (including phenoxy) is 1.